The van der Waals surface area contributed by atoms with E-state index < -0.39 is 0 Å². The number of halogens is 1. The van der Waals surface area contributed by atoms with Gasteiger partial charge in [-0.3, -0.25) is 4.79 Å². The van der Waals surface area contributed by atoms with Gasteiger partial charge in [0, 0.05) is 11.4 Å². The lowest BCUT2D eigenvalue weighted by molar-refractivity contribution is 0.267. The lowest BCUT2D eigenvalue weighted by Gasteiger charge is -2.24. The Hall–Kier alpha value is -3.87. The second-order valence-corrected chi connectivity index (χ2v) is 10.2. The first-order valence-electron chi connectivity index (χ1n) is 11.9. The quantitative estimate of drug-likeness (QED) is 0.272. The fourth-order valence-electron chi connectivity index (χ4n) is 4.61. The Kier molecular flexibility index (Phi) is 6.28. The van der Waals surface area contributed by atoms with Crippen LogP contribution in [0.3, 0.4) is 0 Å². The molecule has 4 aromatic carbocycles. The van der Waals surface area contributed by atoms with Crippen LogP contribution in [0, 0.1) is 0 Å². The molecule has 0 aliphatic carbocycles. The Labute approximate surface area is 224 Å². The molecule has 0 saturated carbocycles. The maximum absolute atomic E-state index is 12.5. The minimum atomic E-state index is -0.251. The zero-order chi connectivity index (χ0) is 25.4. The molecule has 0 radical (unpaired) electrons. The Morgan fingerprint density at radius 1 is 0.973 bits per heavy atom. The summed E-state index contributed by atoms with van der Waals surface area (Å²) in [5, 5.41) is 9.70. The number of carbonyl (C=O) groups excluding carboxylic acids is 1. The number of amidine groups is 1. The number of hydrogen-bond donors (Lipinski definition) is 0. The third-order valence-corrected chi connectivity index (χ3v) is 7.53. The van der Waals surface area contributed by atoms with Crippen molar-refractivity contribution in [1.29, 1.82) is 0 Å². The largest absolute Gasteiger partial charge is 0.497 e. The Morgan fingerprint density at radius 3 is 2.49 bits per heavy atom. The zero-order valence-corrected chi connectivity index (χ0v) is 21.5. The van der Waals surface area contributed by atoms with E-state index in [0.717, 1.165) is 50.2 Å². The highest BCUT2D eigenvalue weighted by Crippen LogP contribution is 2.40. The third-order valence-electron chi connectivity index (χ3n) is 6.49. The first kappa shape index (κ1) is 23.5. The molecule has 4 aromatic rings. The lowest BCUT2D eigenvalue weighted by Crippen LogP contribution is -2.26. The van der Waals surface area contributed by atoms with Gasteiger partial charge in [0.05, 0.1) is 23.8 Å². The van der Waals surface area contributed by atoms with Crippen molar-refractivity contribution in [3.63, 3.8) is 0 Å². The number of rotatable bonds is 4. The molecule has 0 N–H and O–H groups in total. The molecule has 2 aliphatic rings. The molecule has 1 unspecified atom stereocenters. The average Bonchev–Trinajstić information content (AvgIpc) is 3.52. The van der Waals surface area contributed by atoms with Crippen LogP contribution in [0.2, 0.25) is 5.02 Å². The Morgan fingerprint density at radius 2 is 1.73 bits per heavy atom. The summed E-state index contributed by atoms with van der Waals surface area (Å²) in [6.07, 6.45) is 2.64. The van der Waals surface area contributed by atoms with Crippen LogP contribution < -0.4 is 4.74 Å². The molecule has 0 saturated heterocycles. The maximum atomic E-state index is 12.5. The van der Waals surface area contributed by atoms with Crippen molar-refractivity contribution in [2.45, 2.75) is 12.5 Å². The highest BCUT2D eigenvalue weighted by Gasteiger charge is 2.37. The van der Waals surface area contributed by atoms with Gasteiger partial charge in [-0.15, -0.1) is 0 Å². The van der Waals surface area contributed by atoms with E-state index in [9.17, 15) is 4.79 Å². The number of hydrazone groups is 1. The molecule has 0 bridgehead atoms. The van der Waals surface area contributed by atoms with Gasteiger partial charge in [-0.2, -0.15) is 10.1 Å². The maximum Gasteiger partial charge on any atom is 0.311 e. The minimum absolute atomic E-state index is 0.122. The zero-order valence-electron chi connectivity index (χ0n) is 20.0. The van der Waals surface area contributed by atoms with Crippen molar-refractivity contribution < 1.29 is 9.53 Å². The summed E-state index contributed by atoms with van der Waals surface area (Å²) in [6, 6.07) is 30.0. The van der Waals surface area contributed by atoms with Crippen molar-refractivity contribution in [2.24, 2.45) is 10.1 Å². The smallest absolute Gasteiger partial charge is 0.311 e. The van der Waals surface area contributed by atoms with Crippen LogP contribution in [-0.4, -0.2) is 28.9 Å². The van der Waals surface area contributed by atoms with Gasteiger partial charge in [-0.1, -0.05) is 72.3 Å². The predicted octanol–water partition coefficient (Wildman–Crippen LogP) is 7.96. The molecule has 5 nitrogen and oxygen atoms in total. The van der Waals surface area contributed by atoms with Crippen molar-refractivity contribution in [3.8, 4) is 5.75 Å². The number of methoxy groups -OCH3 is 1. The van der Waals surface area contributed by atoms with Gasteiger partial charge < -0.3 is 4.74 Å². The summed E-state index contributed by atoms with van der Waals surface area (Å²) in [5.74, 6) is 1.33. The molecule has 37 heavy (non-hydrogen) atoms. The Balaban J connectivity index is 1.41. The monoisotopic (exact) mass is 523 g/mol. The summed E-state index contributed by atoms with van der Waals surface area (Å²) in [7, 11) is 1.64. The van der Waals surface area contributed by atoms with Crippen LogP contribution in [0.4, 0.5) is 4.79 Å². The molecule has 0 aromatic heterocycles. The molecule has 1 atom stereocenters. The number of fused-ring (bicyclic) bond motifs is 1. The third kappa shape index (κ3) is 4.78. The molecule has 6 rings (SSSR count). The van der Waals surface area contributed by atoms with E-state index in [4.69, 9.17) is 21.4 Å². The van der Waals surface area contributed by atoms with Gasteiger partial charge in [-0.05, 0) is 75.6 Å². The molecule has 2 aliphatic heterocycles. The number of nitrogens with zero attached hydrogens (tertiary/aromatic N) is 3. The average molecular weight is 524 g/mol. The number of aliphatic imine (C=N–C) groups is 1. The number of amides is 1. The van der Waals surface area contributed by atoms with Gasteiger partial charge in [0.25, 0.3) is 0 Å². The first-order valence-corrected chi connectivity index (χ1v) is 13.0. The number of benzene rings is 4. The molecular formula is C30H22ClN3O2S. The highest BCUT2D eigenvalue weighted by molar-refractivity contribution is 8.18. The summed E-state index contributed by atoms with van der Waals surface area (Å²) < 4.78 is 5.27. The summed E-state index contributed by atoms with van der Waals surface area (Å²) >= 11 is 7.30. The number of carbonyl (C=O) groups is 1. The summed E-state index contributed by atoms with van der Waals surface area (Å²) in [6.45, 7) is 0. The second-order valence-electron chi connectivity index (χ2n) is 8.81. The van der Waals surface area contributed by atoms with E-state index in [1.807, 2.05) is 71.7 Å². The fourth-order valence-corrected chi connectivity index (χ4v) is 5.48. The van der Waals surface area contributed by atoms with E-state index in [1.165, 1.54) is 5.39 Å². The molecule has 1 amide bonds. The van der Waals surface area contributed by atoms with Crippen LogP contribution in [0.25, 0.3) is 16.8 Å². The van der Waals surface area contributed by atoms with Gasteiger partial charge >= 0.3 is 5.24 Å². The van der Waals surface area contributed by atoms with E-state index >= 15 is 0 Å². The van der Waals surface area contributed by atoms with E-state index in [2.05, 4.69) is 35.3 Å². The molecule has 0 fully saturated rings. The summed E-state index contributed by atoms with van der Waals surface area (Å²) in [5.41, 5.74) is 4.01. The highest BCUT2D eigenvalue weighted by atomic mass is 35.5. The summed E-state index contributed by atoms with van der Waals surface area (Å²) in [4.78, 5) is 17.7. The SMILES string of the molecule is COc1ccc(/C=C2\SC(=O)N=C2N2N=C(c3ccc4ccccc4c3)CC2c2ccc(Cl)cc2)cc1. The minimum Gasteiger partial charge on any atom is -0.497 e. The second kappa shape index (κ2) is 9.88. The first-order chi connectivity index (χ1) is 18.1. The van der Waals surface area contributed by atoms with Crippen molar-refractivity contribution in [2.75, 3.05) is 7.11 Å². The standard InChI is InChI=1S/C30H22ClN3O2S/c1-36-25-14-6-19(7-15-25)16-28-29(32-30(35)37-28)34-27(21-10-12-24(31)13-11-21)18-26(33-34)23-9-8-20-4-2-3-5-22(20)17-23/h2-17,27H,18H2,1H3/b28-16-. The fraction of sp³-hybridized carbons (Fsp3) is 0.100. The van der Waals surface area contributed by atoms with E-state index in [0.29, 0.717) is 17.3 Å². The molecule has 7 heteroatoms. The van der Waals surface area contributed by atoms with Crippen LogP contribution in [0.5, 0.6) is 5.75 Å². The van der Waals surface area contributed by atoms with Gasteiger partial charge in [0.15, 0.2) is 5.84 Å². The van der Waals surface area contributed by atoms with E-state index in [-0.39, 0.29) is 11.3 Å². The lowest BCUT2D eigenvalue weighted by atomic mass is 9.97. The predicted molar refractivity (Wildman–Crippen MR) is 153 cm³/mol. The van der Waals surface area contributed by atoms with E-state index in [1.54, 1.807) is 7.11 Å². The molecule has 182 valence electrons. The van der Waals surface area contributed by atoms with Gasteiger partial charge in [0.2, 0.25) is 0 Å². The number of thioether (sulfide) groups is 1. The van der Waals surface area contributed by atoms with Crippen LogP contribution in [-0.2, 0) is 0 Å². The normalized spacial score (nSPS) is 18.4. The number of ether oxygens (including phenoxy) is 1. The van der Waals surface area contributed by atoms with Crippen molar-refractivity contribution in [3.05, 3.63) is 118 Å². The van der Waals surface area contributed by atoms with Crippen LogP contribution in [0.1, 0.15) is 29.2 Å². The van der Waals surface area contributed by atoms with Crippen molar-refractivity contribution in [1.82, 2.24) is 5.01 Å². The van der Waals surface area contributed by atoms with Crippen LogP contribution in [0.15, 0.2) is 106 Å². The molecule has 0 spiro atoms. The molecular weight excluding hydrogens is 502 g/mol. The number of hydrogen-bond acceptors (Lipinski definition) is 5. The van der Waals surface area contributed by atoms with Crippen LogP contribution >= 0.6 is 23.4 Å². The topological polar surface area (TPSA) is 54.3 Å². The van der Waals surface area contributed by atoms with Crippen molar-refractivity contribution >= 4 is 57.0 Å². The van der Waals surface area contributed by atoms with Gasteiger partial charge in [0.1, 0.15) is 5.75 Å². The molecule has 2 heterocycles. The Bertz CT molecular complexity index is 1590. The van der Waals surface area contributed by atoms with Gasteiger partial charge in [-0.25, -0.2) is 5.01 Å².